The highest BCUT2D eigenvalue weighted by atomic mass is 35.5. The molecule has 0 bridgehead atoms. The first-order chi connectivity index (χ1) is 8.22. The summed E-state index contributed by atoms with van der Waals surface area (Å²) in [5.74, 6) is 0.257. The van der Waals surface area contributed by atoms with Crippen molar-refractivity contribution in [3.05, 3.63) is 28.3 Å². The topological polar surface area (TPSA) is 44.8 Å². The average Bonchev–Trinajstić information content (AvgIpc) is 2.66. The van der Waals surface area contributed by atoms with E-state index in [4.69, 9.17) is 25.8 Å². The number of benzene rings is 1. The summed E-state index contributed by atoms with van der Waals surface area (Å²) in [6, 6.07) is 3.35. The number of fused-ring (bicyclic) bond motifs is 1. The van der Waals surface area contributed by atoms with E-state index in [-0.39, 0.29) is 5.97 Å². The van der Waals surface area contributed by atoms with Gasteiger partial charge in [0.25, 0.3) is 0 Å². The third-order valence-corrected chi connectivity index (χ3v) is 2.78. The van der Waals surface area contributed by atoms with Gasteiger partial charge in [0.2, 0.25) is 0 Å². The van der Waals surface area contributed by atoms with Gasteiger partial charge in [-0.05, 0) is 12.1 Å². The van der Waals surface area contributed by atoms with E-state index in [0.717, 1.165) is 12.0 Å². The Labute approximate surface area is 104 Å². The van der Waals surface area contributed by atoms with Gasteiger partial charge in [-0.15, -0.1) is 0 Å². The molecule has 1 aliphatic heterocycles. The van der Waals surface area contributed by atoms with Crippen LogP contribution in [0.2, 0.25) is 5.02 Å². The molecule has 1 aromatic rings. The fourth-order valence-corrected chi connectivity index (χ4v) is 1.84. The van der Waals surface area contributed by atoms with Crippen LogP contribution >= 0.6 is 11.6 Å². The number of rotatable bonds is 5. The monoisotopic (exact) mass is 256 g/mol. The summed E-state index contributed by atoms with van der Waals surface area (Å²) in [6.07, 6.45) is 0.791. The van der Waals surface area contributed by atoms with Crippen LogP contribution in [0.25, 0.3) is 0 Å². The van der Waals surface area contributed by atoms with E-state index >= 15 is 0 Å². The first-order valence-corrected chi connectivity index (χ1v) is 5.71. The molecule has 0 unspecified atom stereocenters. The van der Waals surface area contributed by atoms with E-state index in [9.17, 15) is 4.79 Å². The molecule has 0 spiro atoms. The van der Waals surface area contributed by atoms with E-state index in [1.807, 2.05) is 0 Å². The molecule has 0 saturated heterocycles. The Morgan fingerprint density at radius 1 is 1.41 bits per heavy atom. The normalized spacial score (nSPS) is 13.4. The van der Waals surface area contributed by atoms with Crippen molar-refractivity contribution in [3.8, 4) is 5.75 Å². The Hall–Kier alpha value is -1.26. The molecular formula is C12H13ClO4. The lowest BCUT2D eigenvalue weighted by molar-refractivity contribution is 0.0535. The van der Waals surface area contributed by atoms with Gasteiger partial charge in [0.15, 0.2) is 0 Å². The highest BCUT2D eigenvalue weighted by Crippen LogP contribution is 2.32. The highest BCUT2D eigenvalue weighted by Gasteiger charge is 2.23. The zero-order chi connectivity index (χ0) is 12.3. The predicted octanol–water partition coefficient (Wildman–Crippen LogP) is 2.43. The molecular weight excluding hydrogens is 244 g/mol. The van der Waals surface area contributed by atoms with Crippen LogP contribution < -0.4 is 4.74 Å². The van der Waals surface area contributed by atoms with Crippen molar-refractivity contribution < 1.29 is 19.0 Å². The molecule has 0 N–H and O–H groups in total. The van der Waals surface area contributed by atoms with Crippen LogP contribution in [0, 0.1) is 0 Å². The van der Waals surface area contributed by atoms with Gasteiger partial charge in [-0.25, -0.2) is 4.79 Å². The van der Waals surface area contributed by atoms with Crippen molar-refractivity contribution in [1.82, 2.24) is 0 Å². The molecule has 0 amide bonds. The molecule has 1 aliphatic rings. The van der Waals surface area contributed by atoms with Crippen molar-refractivity contribution >= 4 is 17.6 Å². The van der Waals surface area contributed by atoms with E-state index in [1.54, 1.807) is 19.2 Å². The molecule has 2 rings (SSSR count). The Balaban J connectivity index is 2.06. The van der Waals surface area contributed by atoms with E-state index in [0.29, 0.717) is 36.2 Å². The standard InChI is InChI=1S/C12H13ClO4/c1-15-3-2-4-16-11-5-8-7-17-12(14)9(8)6-10(11)13/h5-6H,2-4,7H2,1H3. The van der Waals surface area contributed by atoms with Crippen LogP contribution in [0.4, 0.5) is 0 Å². The summed E-state index contributed by atoms with van der Waals surface area (Å²) in [4.78, 5) is 11.3. The van der Waals surface area contributed by atoms with Gasteiger partial charge in [0.05, 0.1) is 17.2 Å². The zero-order valence-corrected chi connectivity index (χ0v) is 10.3. The highest BCUT2D eigenvalue weighted by molar-refractivity contribution is 6.32. The number of ether oxygens (including phenoxy) is 3. The lowest BCUT2D eigenvalue weighted by atomic mass is 10.1. The number of esters is 1. The number of hydrogen-bond acceptors (Lipinski definition) is 4. The second-order valence-corrected chi connectivity index (χ2v) is 4.12. The largest absolute Gasteiger partial charge is 0.492 e. The van der Waals surface area contributed by atoms with Crippen molar-refractivity contribution in [3.63, 3.8) is 0 Å². The molecule has 0 saturated carbocycles. The van der Waals surface area contributed by atoms with Crippen LogP contribution in [0.3, 0.4) is 0 Å². The van der Waals surface area contributed by atoms with Gasteiger partial charge < -0.3 is 14.2 Å². The number of hydrogen-bond donors (Lipinski definition) is 0. The third kappa shape index (κ3) is 2.70. The van der Waals surface area contributed by atoms with Crippen LogP contribution in [-0.4, -0.2) is 26.3 Å². The number of halogens is 1. The van der Waals surface area contributed by atoms with Gasteiger partial charge in [0, 0.05) is 25.7 Å². The summed E-state index contributed by atoms with van der Waals surface area (Å²) in [6.45, 7) is 1.46. The van der Waals surface area contributed by atoms with Gasteiger partial charge >= 0.3 is 5.97 Å². The Bertz CT molecular complexity index is 431. The summed E-state index contributed by atoms with van der Waals surface area (Å²) in [5.41, 5.74) is 1.35. The minimum atomic E-state index is -0.326. The summed E-state index contributed by atoms with van der Waals surface area (Å²) >= 11 is 6.02. The molecule has 1 aromatic carbocycles. The molecule has 1 heterocycles. The predicted molar refractivity (Wildman–Crippen MR) is 62.6 cm³/mol. The first kappa shape index (κ1) is 12.2. The van der Waals surface area contributed by atoms with Gasteiger partial charge in [-0.3, -0.25) is 0 Å². The molecule has 0 atom stereocenters. The lowest BCUT2D eigenvalue weighted by Crippen LogP contribution is -2.02. The minimum Gasteiger partial charge on any atom is -0.492 e. The van der Waals surface area contributed by atoms with Crippen molar-refractivity contribution in [1.29, 1.82) is 0 Å². The molecule has 0 fully saturated rings. The number of cyclic esters (lactones) is 1. The van der Waals surface area contributed by atoms with Crippen molar-refractivity contribution in [2.45, 2.75) is 13.0 Å². The smallest absolute Gasteiger partial charge is 0.338 e. The van der Waals surface area contributed by atoms with Gasteiger partial charge in [-0.1, -0.05) is 11.6 Å². The third-order valence-electron chi connectivity index (χ3n) is 2.49. The molecule has 5 heteroatoms. The molecule has 0 radical (unpaired) electrons. The number of methoxy groups -OCH3 is 1. The molecule has 0 aromatic heterocycles. The molecule has 92 valence electrons. The lowest BCUT2D eigenvalue weighted by Gasteiger charge is -2.08. The molecule has 4 nitrogen and oxygen atoms in total. The fourth-order valence-electron chi connectivity index (χ4n) is 1.62. The second kappa shape index (κ2) is 5.38. The summed E-state index contributed by atoms with van der Waals surface area (Å²) in [5, 5.41) is 0.431. The Morgan fingerprint density at radius 2 is 2.24 bits per heavy atom. The summed E-state index contributed by atoms with van der Waals surface area (Å²) < 4.78 is 15.3. The first-order valence-electron chi connectivity index (χ1n) is 5.33. The van der Waals surface area contributed by atoms with Gasteiger partial charge in [-0.2, -0.15) is 0 Å². The summed E-state index contributed by atoms with van der Waals surface area (Å²) in [7, 11) is 1.64. The fraction of sp³-hybridized carbons (Fsp3) is 0.417. The molecule has 0 aliphatic carbocycles. The zero-order valence-electron chi connectivity index (χ0n) is 9.49. The number of carbonyl (C=O) groups is 1. The Kier molecular flexibility index (Phi) is 3.86. The van der Waals surface area contributed by atoms with Crippen molar-refractivity contribution in [2.24, 2.45) is 0 Å². The van der Waals surface area contributed by atoms with E-state index in [1.165, 1.54) is 0 Å². The maximum Gasteiger partial charge on any atom is 0.338 e. The SMILES string of the molecule is COCCCOc1cc2c(cc1Cl)C(=O)OC2. The quantitative estimate of drug-likeness (QED) is 0.600. The van der Waals surface area contributed by atoms with Crippen LogP contribution in [0.1, 0.15) is 22.3 Å². The van der Waals surface area contributed by atoms with Crippen LogP contribution in [0.15, 0.2) is 12.1 Å². The Morgan fingerprint density at radius 3 is 3.00 bits per heavy atom. The van der Waals surface area contributed by atoms with E-state index < -0.39 is 0 Å². The average molecular weight is 257 g/mol. The maximum atomic E-state index is 11.3. The van der Waals surface area contributed by atoms with Gasteiger partial charge in [0.1, 0.15) is 12.4 Å². The van der Waals surface area contributed by atoms with Crippen molar-refractivity contribution in [2.75, 3.05) is 20.3 Å². The van der Waals surface area contributed by atoms with E-state index in [2.05, 4.69) is 0 Å². The van der Waals surface area contributed by atoms with Crippen LogP contribution in [-0.2, 0) is 16.1 Å². The minimum absolute atomic E-state index is 0.291. The van der Waals surface area contributed by atoms with Crippen LogP contribution in [0.5, 0.6) is 5.75 Å². The number of carbonyl (C=O) groups excluding carboxylic acids is 1. The maximum absolute atomic E-state index is 11.3. The second-order valence-electron chi connectivity index (χ2n) is 3.71. The molecule has 17 heavy (non-hydrogen) atoms.